The van der Waals surface area contributed by atoms with Gasteiger partial charge >= 0.3 is 0 Å². The molecule has 0 aromatic carbocycles. The maximum atomic E-state index is 9.04. The Hall–Kier alpha value is -0.870. The minimum atomic E-state index is -0.664. The van der Waals surface area contributed by atoms with Crippen molar-refractivity contribution < 1.29 is 14.8 Å². The van der Waals surface area contributed by atoms with E-state index in [0.29, 0.717) is 6.54 Å². The minimum Gasteiger partial charge on any atom is -0.394 e. The van der Waals surface area contributed by atoms with Crippen LogP contribution in [-0.2, 0) is 13.6 Å². The molecule has 0 saturated heterocycles. The van der Waals surface area contributed by atoms with Crippen LogP contribution in [0.3, 0.4) is 0 Å². The molecular weight excluding hydrogens is 144 g/mol. The highest BCUT2D eigenvalue weighted by molar-refractivity contribution is 4.68. The molecule has 0 bridgehead atoms. The third-order valence-electron chi connectivity index (χ3n) is 1.46. The van der Waals surface area contributed by atoms with Gasteiger partial charge in [0, 0.05) is 0 Å². The number of hydrogen-bond acceptors (Lipinski definition) is 2. The molecule has 0 radical (unpaired) electrons. The maximum absolute atomic E-state index is 9.04. The van der Waals surface area contributed by atoms with Gasteiger partial charge in [-0.15, -0.1) is 0 Å². The molecule has 0 saturated carbocycles. The van der Waals surface area contributed by atoms with Crippen LogP contribution in [0.1, 0.15) is 0 Å². The Kier molecular flexibility index (Phi) is 2.62. The zero-order chi connectivity index (χ0) is 8.27. The molecule has 0 fully saturated rings. The van der Waals surface area contributed by atoms with Crippen molar-refractivity contribution in [2.75, 3.05) is 6.61 Å². The Morgan fingerprint density at radius 1 is 1.64 bits per heavy atom. The summed E-state index contributed by atoms with van der Waals surface area (Å²) in [5.41, 5.74) is 0. The van der Waals surface area contributed by atoms with Crippen molar-refractivity contribution in [2.24, 2.45) is 7.05 Å². The van der Waals surface area contributed by atoms with Crippen LogP contribution in [0.5, 0.6) is 0 Å². The molecule has 11 heavy (non-hydrogen) atoms. The summed E-state index contributed by atoms with van der Waals surface area (Å²) >= 11 is 0. The summed E-state index contributed by atoms with van der Waals surface area (Å²) in [7, 11) is 1.90. The summed E-state index contributed by atoms with van der Waals surface area (Å²) in [6.07, 6.45) is 4.91. The van der Waals surface area contributed by atoms with E-state index in [1.165, 1.54) is 0 Å². The SMILES string of the molecule is C[n+]1ccn(C[C@H](O)CO)c1. The molecule has 0 aliphatic heterocycles. The third-order valence-corrected chi connectivity index (χ3v) is 1.46. The first-order valence-electron chi connectivity index (χ1n) is 3.52. The van der Waals surface area contributed by atoms with Gasteiger partial charge in [-0.2, -0.15) is 0 Å². The Bertz CT molecular complexity index is 222. The van der Waals surface area contributed by atoms with Gasteiger partial charge in [0.15, 0.2) is 0 Å². The molecule has 1 rings (SSSR count). The van der Waals surface area contributed by atoms with Crippen molar-refractivity contribution >= 4 is 0 Å². The number of hydrogen-bond donors (Lipinski definition) is 2. The van der Waals surface area contributed by atoms with Crippen LogP contribution in [0.4, 0.5) is 0 Å². The van der Waals surface area contributed by atoms with Gasteiger partial charge in [0.1, 0.15) is 25.0 Å². The standard InChI is InChI=1S/C7H13N2O2/c1-8-2-3-9(6-8)4-7(11)5-10/h2-3,6-7,10-11H,4-5H2,1H3/q+1/t7-/m0/s1. The first-order chi connectivity index (χ1) is 5.22. The molecule has 0 amide bonds. The Balaban J connectivity index is 2.50. The van der Waals surface area contributed by atoms with E-state index >= 15 is 0 Å². The quantitative estimate of drug-likeness (QED) is 0.534. The fourth-order valence-corrected chi connectivity index (χ4v) is 0.911. The van der Waals surface area contributed by atoms with Crippen molar-refractivity contribution in [3.05, 3.63) is 18.7 Å². The van der Waals surface area contributed by atoms with E-state index < -0.39 is 6.10 Å². The zero-order valence-electron chi connectivity index (χ0n) is 6.51. The van der Waals surface area contributed by atoms with Crippen LogP contribution in [0.15, 0.2) is 18.7 Å². The summed E-state index contributed by atoms with van der Waals surface area (Å²) < 4.78 is 3.70. The van der Waals surface area contributed by atoms with E-state index in [1.54, 1.807) is 0 Å². The number of rotatable bonds is 3. The topological polar surface area (TPSA) is 49.3 Å². The lowest BCUT2D eigenvalue weighted by Gasteiger charge is -2.01. The zero-order valence-corrected chi connectivity index (χ0v) is 6.51. The number of aromatic nitrogens is 2. The first kappa shape index (κ1) is 8.23. The molecule has 62 valence electrons. The summed E-state index contributed by atoms with van der Waals surface area (Å²) in [4.78, 5) is 0. The molecule has 4 heteroatoms. The van der Waals surface area contributed by atoms with Gasteiger partial charge in [-0.05, 0) is 0 Å². The molecule has 0 spiro atoms. The highest BCUT2D eigenvalue weighted by Crippen LogP contribution is 1.88. The third kappa shape index (κ3) is 2.32. The fourth-order valence-electron chi connectivity index (χ4n) is 0.911. The smallest absolute Gasteiger partial charge is 0.243 e. The van der Waals surface area contributed by atoms with Crippen molar-refractivity contribution in [3.63, 3.8) is 0 Å². The Morgan fingerprint density at radius 3 is 2.82 bits per heavy atom. The number of aryl methyl sites for hydroxylation is 1. The second-order valence-electron chi connectivity index (χ2n) is 2.61. The number of nitrogens with zero attached hydrogens (tertiary/aromatic N) is 2. The average molecular weight is 157 g/mol. The number of aliphatic hydroxyl groups excluding tert-OH is 2. The summed E-state index contributed by atoms with van der Waals surface area (Å²) in [6, 6.07) is 0. The molecule has 4 nitrogen and oxygen atoms in total. The van der Waals surface area contributed by atoms with E-state index in [9.17, 15) is 0 Å². The van der Waals surface area contributed by atoms with Gasteiger partial charge in [-0.3, -0.25) is 0 Å². The highest BCUT2D eigenvalue weighted by atomic mass is 16.3. The van der Waals surface area contributed by atoms with Crippen LogP contribution < -0.4 is 4.57 Å². The van der Waals surface area contributed by atoms with Gasteiger partial charge in [-0.25, -0.2) is 9.13 Å². The normalized spacial score (nSPS) is 13.4. The lowest BCUT2D eigenvalue weighted by Crippen LogP contribution is -2.25. The summed E-state index contributed by atoms with van der Waals surface area (Å²) in [5, 5.41) is 17.6. The fraction of sp³-hybridized carbons (Fsp3) is 0.571. The van der Waals surface area contributed by atoms with Crippen LogP contribution in [-0.4, -0.2) is 27.5 Å². The van der Waals surface area contributed by atoms with Crippen molar-refractivity contribution in [1.29, 1.82) is 0 Å². The van der Waals surface area contributed by atoms with Gasteiger partial charge in [0.2, 0.25) is 6.33 Å². The van der Waals surface area contributed by atoms with Gasteiger partial charge in [-0.1, -0.05) is 0 Å². The van der Waals surface area contributed by atoms with Crippen LogP contribution in [0, 0.1) is 0 Å². The van der Waals surface area contributed by atoms with E-state index in [4.69, 9.17) is 10.2 Å². The minimum absolute atomic E-state index is 0.193. The van der Waals surface area contributed by atoms with Gasteiger partial charge in [0.05, 0.1) is 13.7 Å². The highest BCUT2D eigenvalue weighted by Gasteiger charge is 2.06. The van der Waals surface area contributed by atoms with Gasteiger partial charge in [0.25, 0.3) is 0 Å². The molecule has 0 unspecified atom stereocenters. The molecule has 1 atom stereocenters. The van der Waals surface area contributed by atoms with Crippen LogP contribution >= 0.6 is 0 Å². The monoisotopic (exact) mass is 157 g/mol. The molecular formula is C7H13N2O2+. The Morgan fingerprint density at radius 2 is 2.36 bits per heavy atom. The molecule has 0 aliphatic carbocycles. The van der Waals surface area contributed by atoms with Crippen molar-refractivity contribution in [1.82, 2.24) is 4.57 Å². The van der Waals surface area contributed by atoms with Crippen LogP contribution in [0.2, 0.25) is 0 Å². The Labute approximate surface area is 65.3 Å². The predicted octanol–water partition coefficient (Wildman–Crippen LogP) is -1.33. The summed E-state index contributed by atoms with van der Waals surface area (Å²) in [5.74, 6) is 0. The van der Waals surface area contributed by atoms with E-state index in [2.05, 4.69) is 0 Å². The average Bonchev–Trinajstić information content (AvgIpc) is 2.35. The maximum Gasteiger partial charge on any atom is 0.243 e. The van der Waals surface area contributed by atoms with E-state index in [1.807, 2.05) is 34.9 Å². The lowest BCUT2D eigenvalue weighted by molar-refractivity contribution is -0.671. The first-order valence-corrected chi connectivity index (χ1v) is 3.52. The van der Waals surface area contributed by atoms with E-state index in [0.717, 1.165) is 0 Å². The second-order valence-corrected chi connectivity index (χ2v) is 2.61. The van der Waals surface area contributed by atoms with Crippen molar-refractivity contribution in [2.45, 2.75) is 12.6 Å². The largest absolute Gasteiger partial charge is 0.394 e. The number of aliphatic hydroxyl groups is 2. The molecule has 1 aromatic heterocycles. The van der Waals surface area contributed by atoms with Crippen molar-refractivity contribution in [3.8, 4) is 0 Å². The number of imidazole rings is 1. The second kappa shape index (κ2) is 3.50. The predicted molar refractivity (Wildman–Crippen MR) is 38.7 cm³/mol. The molecule has 1 aromatic rings. The van der Waals surface area contributed by atoms with E-state index in [-0.39, 0.29) is 6.61 Å². The van der Waals surface area contributed by atoms with Crippen LogP contribution in [0.25, 0.3) is 0 Å². The van der Waals surface area contributed by atoms with Gasteiger partial charge < -0.3 is 10.2 Å². The summed E-state index contributed by atoms with van der Waals surface area (Å²) in [6.45, 7) is 0.249. The molecule has 0 aliphatic rings. The molecule has 2 N–H and O–H groups in total. The molecule has 1 heterocycles. The lowest BCUT2D eigenvalue weighted by atomic mass is 10.4.